The zero-order valence-electron chi connectivity index (χ0n) is 9.65. The number of aliphatic hydroxyl groups is 1. The van der Waals surface area contributed by atoms with Gasteiger partial charge in [-0.15, -0.1) is 0 Å². The average Bonchev–Trinajstić information content (AvgIpc) is 2.35. The molecule has 1 aliphatic heterocycles. The Morgan fingerprint density at radius 3 is 2.71 bits per heavy atom. The van der Waals surface area contributed by atoms with E-state index in [-0.39, 0.29) is 0 Å². The van der Waals surface area contributed by atoms with Crippen molar-refractivity contribution >= 4 is 38.5 Å². The molecule has 0 spiro atoms. The van der Waals surface area contributed by atoms with Crippen LogP contribution < -0.4 is 0 Å². The predicted octanol–water partition coefficient (Wildman–Crippen LogP) is 3.41. The molecule has 1 aromatic carbocycles. The molecular weight excluding hydrogens is 393 g/mol. The van der Waals surface area contributed by atoms with E-state index in [2.05, 4.69) is 67.7 Å². The van der Waals surface area contributed by atoms with Crippen LogP contribution in [0.3, 0.4) is 0 Å². The first-order valence-corrected chi connectivity index (χ1v) is 7.98. The lowest BCUT2D eigenvalue weighted by Gasteiger charge is -2.37. The van der Waals surface area contributed by atoms with Gasteiger partial charge in [-0.2, -0.15) is 0 Å². The Morgan fingerprint density at radius 2 is 2.06 bits per heavy atom. The van der Waals surface area contributed by atoms with Crippen LogP contribution in [0, 0.1) is 5.92 Å². The standard InChI is InChI=1S/C13H17BrINO/c14-12-5-3-10(4-6-12)8-16-7-1-2-11(9-17)13(16)15/h3-6,11,13,17H,1-2,7-9H2. The molecule has 1 aliphatic rings. The number of hydrogen-bond acceptors (Lipinski definition) is 2. The van der Waals surface area contributed by atoms with Gasteiger partial charge in [-0.3, -0.25) is 4.90 Å². The van der Waals surface area contributed by atoms with E-state index >= 15 is 0 Å². The van der Waals surface area contributed by atoms with Crippen LogP contribution in [-0.4, -0.2) is 27.2 Å². The summed E-state index contributed by atoms with van der Waals surface area (Å²) in [6.07, 6.45) is 2.35. The van der Waals surface area contributed by atoms with Crippen LogP contribution in [0.5, 0.6) is 0 Å². The summed E-state index contributed by atoms with van der Waals surface area (Å²) in [5, 5.41) is 9.34. The zero-order valence-corrected chi connectivity index (χ0v) is 13.4. The molecule has 1 saturated heterocycles. The van der Waals surface area contributed by atoms with Gasteiger partial charge in [-0.05, 0) is 37.1 Å². The third-order valence-electron chi connectivity index (χ3n) is 3.29. The van der Waals surface area contributed by atoms with Crippen molar-refractivity contribution in [2.24, 2.45) is 5.92 Å². The molecule has 0 aromatic heterocycles. The molecule has 0 radical (unpaired) electrons. The molecule has 0 aliphatic carbocycles. The Labute approximate surface area is 125 Å². The molecule has 1 fully saturated rings. The van der Waals surface area contributed by atoms with Crippen LogP contribution in [0.2, 0.25) is 0 Å². The fourth-order valence-corrected chi connectivity index (χ4v) is 3.61. The monoisotopic (exact) mass is 409 g/mol. The molecule has 2 atom stereocenters. The minimum absolute atomic E-state index is 0.310. The van der Waals surface area contributed by atoms with Gasteiger partial charge in [0.15, 0.2) is 0 Å². The Kier molecular flexibility index (Phi) is 5.26. The Balaban J connectivity index is 2.00. The van der Waals surface area contributed by atoms with Gasteiger partial charge in [0.05, 0.1) is 4.05 Å². The van der Waals surface area contributed by atoms with Crippen LogP contribution >= 0.6 is 38.5 Å². The number of alkyl halides is 1. The Bertz CT molecular complexity index is 357. The van der Waals surface area contributed by atoms with Crippen molar-refractivity contribution in [2.75, 3.05) is 13.2 Å². The maximum Gasteiger partial charge on any atom is 0.0672 e. The molecule has 0 amide bonds. The average molecular weight is 410 g/mol. The van der Waals surface area contributed by atoms with E-state index in [1.54, 1.807) is 0 Å². The first-order valence-electron chi connectivity index (χ1n) is 5.94. The molecule has 2 rings (SSSR count). The molecule has 17 heavy (non-hydrogen) atoms. The van der Waals surface area contributed by atoms with Gasteiger partial charge in [0.25, 0.3) is 0 Å². The Hall–Kier alpha value is 0.350. The van der Waals surface area contributed by atoms with E-state index in [1.807, 2.05) is 0 Å². The second-order valence-corrected chi connectivity index (χ2v) is 6.75. The molecule has 1 heterocycles. The van der Waals surface area contributed by atoms with Gasteiger partial charge in [0.1, 0.15) is 0 Å². The number of benzene rings is 1. The van der Waals surface area contributed by atoms with E-state index in [0.29, 0.717) is 16.6 Å². The fourth-order valence-electron chi connectivity index (χ4n) is 2.28. The summed E-state index contributed by atoms with van der Waals surface area (Å²) in [5.41, 5.74) is 1.34. The van der Waals surface area contributed by atoms with Crippen molar-refractivity contribution in [2.45, 2.75) is 23.4 Å². The second kappa shape index (κ2) is 6.50. The predicted molar refractivity (Wildman–Crippen MR) is 82.2 cm³/mol. The quantitative estimate of drug-likeness (QED) is 0.469. The highest BCUT2D eigenvalue weighted by molar-refractivity contribution is 14.1. The maximum atomic E-state index is 9.34. The van der Waals surface area contributed by atoms with E-state index < -0.39 is 0 Å². The number of halogens is 2. The molecule has 1 N–H and O–H groups in total. The van der Waals surface area contributed by atoms with Gasteiger partial charge in [-0.25, -0.2) is 0 Å². The van der Waals surface area contributed by atoms with Crippen LogP contribution in [0.4, 0.5) is 0 Å². The van der Waals surface area contributed by atoms with E-state index in [1.165, 1.54) is 12.0 Å². The molecule has 2 nitrogen and oxygen atoms in total. The number of rotatable bonds is 3. The SMILES string of the molecule is OCC1CCCN(Cc2ccc(Br)cc2)C1I. The van der Waals surface area contributed by atoms with Gasteiger partial charge < -0.3 is 5.11 Å². The number of nitrogens with zero attached hydrogens (tertiary/aromatic N) is 1. The van der Waals surface area contributed by atoms with E-state index in [9.17, 15) is 5.11 Å². The van der Waals surface area contributed by atoms with Crippen LogP contribution in [0.25, 0.3) is 0 Å². The highest BCUT2D eigenvalue weighted by atomic mass is 127. The summed E-state index contributed by atoms with van der Waals surface area (Å²) in [6.45, 7) is 2.43. The number of likely N-dealkylation sites (tertiary alicyclic amines) is 1. The maximum absolute atomic E-state index is 9.34. The van der Waals surface area contributed by atoms with Crippen LogP contribution in [-0.2, 0) is 6.54 Å². The summed E-state index contributed by atoms with van der Waals surface area (Å²) in [7, 11) is 0. The molecule has 1 aromatic rings. The summed E-state index contributed by atoms with van der Waals surface area (Å²) in [6, 6.07) is 8.50. The number of hydrogen-bond donors (Lipinski definition) is 1. The topological polar surface area (TPSA) is 23.5 Å². The highest BCUT2D eigenvalue weighted by Crippen LogP contribution is 2.29. The molecule has 2 unspecified atom stereocenters. The molecule has 0 saturated carbocycles. The van der Waals surface area contributed by atoms with Crippen molar-refractivity contribution in [3.63, 3.8) is 0 Å². The van der Waals surface area contributed by atoms with E-state index in [4.69, 9.17) is 0 Å². The molecule has 0 bridgehead atoms. The van der Waals surface area contributed by atoms with Gasteiger partial charge in [0, 0.05) is 23.5 Å². The van der Waals surface area contributed by atoms with Crippen molar-refractivity contribution in [3.05, 3.63) is 34.3 Å². The third kappa shape index (κ3) is 3.66. The lowest BCUT2D eigenvalue weighted by atomic mass is 9.98. The summed E-state index contributed by atoms with van der Waals surface area (Å²) in [4.78, 5) is 2.47. The lowest BCUT2D eigenvalue weighted by molar-refractivity contribution is 0.105. The number of aliphatic hydroxyl groups excluding tert-OH is 1. The van der Waals surface area contributed by atoms with E-state index in [0.717, 1.165) is 24.0 Å². The summed E-state index contributed by atoms with van der Waals surface area (Å²) >= 11 is 5.93. The fraction of sp³-hybridized carbons (Fsp3) is 0.538. The molecule has 94 valence electrons. The molecule has 4 heteroatoms. The molecular formula is C13H17BrINO. The Morgan fingerprint density at radius 1 is 1.35 bits per heavy atom. The lowest BCUT2D eigenvalue weighted by Crippen LogP contribution is -2.42. The van der Waals surface area contributed by atoms with Gasteiger partial charge in [0.2, 0.25) is 0 Å². The second-order valence-electron chi connectivity index (χ2n) is 4.55. The normalized spacial score (nSPS) is 26.1. The summed E-state index contributed by atoms with van der Waals surface area (Å²) in [5.74, 6) is 0.430. The largest absolute Gasteiger partial charge is 0.396 e. The zero-order chi connectivity index (χ0) is 12.3. The third-order valence-corrected chi connectivity index (χ3v) is 5.63. The van der Waals surface area contributed by atoms with Gasteiger partial charge >= 0.3 is 0 Å². The highest BCUT2D eigenvalue weighted by Gasteiger charge is 2.28. The summed E-state index contributed by atoms with van der Waals surface area (Å²) < 4.78 is 1.58. The first-order chi connectivity index (χ1) is 8.20. The number of piperidine rings is 1. The minimum atomic E-state index is 0.310. The van der Waals surface area contributed by atoms with Crippen molar-refractivity contribution in [1.29, 1.82) is 0 Å². The van der Waals surface area contributed by atoms with Crippen molar-refractivity contribution in [1.82, 2.24) is 4.90 Å². The minimum Gasteiger partial charge on any atom is -0.396 e. The van der Waals surface area contributed by atoms with Crippen molar-refractivity contribution < 1.29 is 5.11 Å². The van der Waals surface area contributed by atoms with Crippen LogP contribution in [0.1, 0.15) is 18.4 Å². The van der Waals surface area contributed by atoms with Crippen LogP contribution in [0.15, 0.2) is 28.7 Å². The van der Waals surface area contributed by atoms with Gasteiger partial charge in [-0.1, -0.05) is 50.7 Å². The van der Waals surface area contributed by atoms with Crippen molar-refractivity contribution in [3.8, 4) is 0 Å². The first kappa shape index (κ1) is 13.8. The smallest absolute Gasteiger partial charge is 0.0672 e.